The first-order valence-electron chi connectivity index (χ1n) is 5.86. The first-order chi connectivity index (χ1) is 9.08. The van der Waals surface area contributed by atoms with E-state index >= 15 is 0 Å². The van der Waals surface area contributed by atoms with Crippen LogP contribution < -0.4 is 10.6 Å². The fourth-order valence-electron chi connectivity index (χ4n) is 1.75. The zero-order valence-corrected chi connectivity index (χ0v) is 11.2. The minimum absolute atomic E-state index is 0.163. The molecule has 19 heavy (non-hydrogen) atoms. The SMILES string of the molecule is Cc1nc(CNC(=O)C2COCCN2)sc1C(=O)O. The van der Waals surface area contributed by atoms with E-state index in [1.807, 2.05) is 0 Å². The number of carboxylic acids is 1. The summed E-state index contributed by atoms with van der Waals surface area (Å²) in [5, 5.41) is 15.3. The molecule has 1 aliphatic rings. The number of aromatic nitrogens is 1. The normalized spacial score (nSPS) is 19.1. The zero-order chi connectivity index (χ0) is 13.8. The molecule has 2 heterocycles. The zero-order valence-electron chi connectivity index (χ0n) is 10.4. The number of rotatable bonds is 4. The first kappa shape index (κ1) is 13.9. The van der Waals surface area contributed by atoms with E-state index in [9.17, 15) is 9.59 Å². The Morgan fingerprint density at radius 3 is 3.00 bits per heavy atom. The highest BCUT2D eigenvalue weighted by Gasteiger charge is 2.21. The minimum Gasteiger partial charge on any atom is -0.477 e. The van der Waals surface area contributed by atoms with Crippen molar-refractivity contribution in [2.24, 2.45) is 0 Å². The Morgan fingerprint density at radius 1 is 1.63 bits per heavy atom. The molecular formula is C11H15N3O4S. The molecule has 0 aromatic carbocycles. The van der Waals surface area contributed by atoms with Crippen LogP contribution in [0.3, 0.4) is 0 Å². The van der Waals surface area contributed by atoms with Crippen molar-refractivity contribution in [2.45, 2.75) is 19.5 Å². The number of thiazole rings is 1. The standard InChI is InChI=1S/C11H15N3O4S/c1-6-9(11(16)17)19-8(14-6)4-13-10(15)7-5-18-3-2-12-7/h7,12H,2-5H2,1H3,(H,13,15)(H,16,17). The Balaban J connectivity index is 1.89. The predicted octanol–water partition coefficient (Wildman–Crippen LogP) is -0.246. The second-order valence-corrected chi connectivity index (χ2v) is 5.21. The summed E-state index contributed by atoms with van der Waals surface area (Å²) in [7, 11) is 0. The smallest absolute Gasteiger partial charge is 0.347 e. The van der Waals surface area contributed by atoms with Crippen LogP contribution in [0.4, 0.5) is 0 Å². The highest BCUT2D eigenvalue weighted by Crippen LogP contribution is 2.17. The Hall–Kier alpha value is -1.51. The maximum atomic E-state index is 11.8. The lowest BCUT2D eigenvalue weighted by molar-refractivity contribution is -0.126. The third-order valence-electron chi connectivity index (χ3n) is 2.69. The van der Waals surface area contributed by atoms with E-state index in [0.29, 0.717) is 30.5 Å². The average Bonchev–Trinajstić information content (AvgIpc) is 2.78. The second kappa shape index (κ2) is 6.09. The molecule has 1 amide bonds. The van der Waals surface area contributed by atoms with Crippen LogP contribution in [0.2, 0.25) is 0 Å². The summed E-state index contributed by atoms with van der Waals surface area (Å²) >= 11 is 1.08. The molecule has 2 rings (SSSR count). The van der Waals surface area contributed by atoms with Crippen molar-refractivity contribution in [1.29, 1.82) is 0 Å². The summed E-state index contributed by atoms with van der Waals surface area (Å²) in [6, 6.07) is -0.353. The van der Waals surface area contributed by atoms with Crippen molar-refractivity contribution in [3.05, 3.63) is 15.6 Å². The van der Waals surface area contributed by atoms with Crippen molar-refractivity contribution in [3.63, 3.8) is 0 Å². The van der Waals surface area contributed by atoms with Gasteiger partial charge in [-0.15, -0.1) is 11.3 Å². The highest BCUT2D eigenvalue weighted by molar-refractivity contribution is 7.13. The Labute approximate surface area is 114 Å². The van der Waals surface area contributed by atoms with Gasteiger partial charge in [0.2, 0.25) is 5.91 Å². The number of carbonyl (C=O) groups excluding carboxylic acids is 1. The number of nitrogens with one attached hydrogen (secondary N) is 2. The molecule has 1 aromatic heterocycles. The number of carboxylic acid groups (broad SMARTS) is 1. The molecule has 1 aliphatic heterocycles. The van der Waals surface area contributed by atoms with Crippen molar-refractivity contribution >= 4 is 23.2 Å². The van der Waals surface area contributed by atoms with E-state index in [1.54, 1.807) is 6.92 Å². The van der Waals surface area contributed by atoms with E-state index in [1.165, 1.54) is 0 Å². The second-order valence-electron chi connectivity index (χ2n) is 4.13. The van der Waals surface area contributed by atoms with Crippen molar-refractivity contribution in [3.8, 4) is 0 Å². The monoisotopic (exact) mass is 285 g/mol. The lowest BCUT2D eigenvalue weighted by Crippen LogP contribution is -2.51. The van der Waals surface area contributed by atoms with Gasteiger partial charge in [0.25, 0.3) is 0 Å². The van der Waals surface area contributed by atoms with E-state index in [2.05, 4.69) is 15.6 Å². The molecule has 104 valence electrons. The summed E-state index contributed by atoms with van der Waals surface area (Å²) in [6.45, 7) is 3.48. The van der Waals surface area contributed by atoms with Gasteiger partial charge in [0, 0.05) is 6.54 Å². The van der Waals surface area contributed by atoms with Gasteiger partial charge in [0.15, 0.2) is 0 Å². The quantitative estimate of drug-likeness (QED) is 0.705. The fourth-order valence-corrected chi connectivity index (χ4v) is 2.59. The number of ether oxygens (including phenoxy) is 1. The van der Waals surface area contributed by atoms with Crippen molar-refractivity contribution in [1.82, 2.24) is 15.6 Å². The molecule has 1 saturated heterocycles. The van der Waals surface area contributed by atoms with E-state index in [4.69, 9.17) is 9.84 Å². The van der Waals surface area contributed by atoms with Crippen LogP contribution in [0.15, 0.2) is 0 Å². The molecule has 1 unspecified atom stereocenters. The molecule has 8 heteroatoms. The van der Waals surface area contributed by atoms with E-state index in [-0.39, 0.29) is 23.4 Å². The van der Waals surface area contributed by atoms with Crippen LogP contribution in [0.5, 0.6) is 0 Å². The van der Waals surface area contributed by atoms with Gasteiger partial charge in [-0.05, 0) is 6.92 Å². The maximum absolute atomic E-state index is 11.8. The van der Waals surface area contributed by atoms with E-state index in [0.717, 1.165) is 11.3 Å². The number of amides is 1. The minimum atomic E-state index is -0.991. The van der Waals surface area contributed by atoms with Crippen LogP contribution in [0, 0.1) is 6.92 Å². The Bertz CT molecular complexity index is 482. The third-order valence-corrected chi connectivity index (χ3v) is 3.83. The summed E-state index contributed by atoms with van der Waals surface area (Å²) in [6.07, 6.45) is 0. The summed E-state index contributed by atoms with van der Waals surface area (Å²) in [5.41, 5.74) is 0.473. The average molecular weight is 285 g/mol. The molecule has 0 radical (unpaired) electrons. The van der Waals surface area contributed by atoms with Gasteiger partial charge in [-0.1, -0.05) is 0 Å². The third kappa shape index (κ3) is 3.49. The largest absolute Gasteiger partial charge is 0.477 e. The molecule has 1 fully saturated rings. The van der Waals surface area contributed by atoms with Gasteiger partial charge >= 0.3 is 5.97 Å². The van der Waals surface area contributed by atoms with Gasteiger partial charge in [-0.25, -0.2) is 9.78 Å². The summed E-state index contributed by atoms with van der Waals surface area (Å²) < 4.78 is 5.20. The summed E-state index contributed by atoms with van der Waals surface area (Å²) in [5.74, 6) is -1.15. The van der Waals surface area contributed by atoms with Crippen LogP contribution in [0.25, 0.3) is 0 Å². The van der Waals surface area contributed by atoms with Gasteiger partial charge in [-0.2, -0.15) is 0 Å². The van der Waals surface area contributed by atoms with Crippen molar-refractivity contribution < 1.29 is 19.4 Å². The number of nitrogens with zero attached hydrogens (tertiary/aromatic N) is 1. The molecule has 0 bridgehead atoms. The molecule has 0 aliphatic carbocycles. The molecule has 7 nitrogen and oxygen atoms in total. The Kier molecular flexibility index (Phi) is 4.46. The molecule has 0 spiro atoms. The predicted molar refractivity (Wildman–Crippen MR) is 68.3 cm³/mol. The van der Waals surface area contributed by atoms with Gasteiger partial charge in [-0.3, -0.25) is 4.79 Å². The van der Waals surface area contributed by atoms with Gasteiger partial charge in [0.05, 0.1) is 25.5 Å². The highest BCUT2D eigenvalue weighted by atomic mass is 32.1. The van der Waals surface area contributed by atoms with Gasteiger partial charge < -0.3 is 20.5 Å². The lowest BCUT2D eigenvalue weighted by atomic mass is 10.2. The lowest BCUT2D eigenvalue weighted by Gasteiger charge is -2.22. The number of aryl methyl sites for hydroxylation is 1. The summed E-state index contributed by atoms with van der Waals surface area (Å²) in [4.78, 5) is 27.0. The topological polar surface area (TPSA) is 101 Å². The molecule has 1 aromatic rings. The van der Waals surface area contributed by atoms with Crippen LogP contribution >= 0.6 is 11.3 Å². The number of carbonyl (C=O) groups is 2. The number of hydrogen-bond acceptors (Lipinski definition) is 6. The molecule has 0 saturated carbocycles. The van der Waals surface area contributed by atoms with Gasteiger partial charge in [0.1, 0.15) is 15.9 Å². The maximum Gasteiger partial charge on any atom is 0.347 e. The Morgan fingerprint density at radius 2 is 2.42 bits per heavy atom. The fraction of sp³-hybridized carbons (Fsp3) is 0.545. The molecular weight excluding hydrogens is 270 g/mol. The van der Waals surface area contributed by atoms with Crippen LogP contribution in [0.1, 0.15) is 20.4 Å². The number of hydrogen-bond donors (Lipinski definition) is 3. The number of aromatic carboxylic acids is 1. The first-order valence-corrected chi connectivity index (χ1v) is 6.68. The molecule has 1 atom stereocenters. The molecule has 3 N–H and O–H groups in total. The van der Waals surface area contributed by atoms with Crippen molar-refractivity contribution in [2.75, 3.05) is 19.8 Å². The number of morpholine rings is 1. The van der Waals surface area contributed by atoms with Crippen LogP contribution in [-0.4, -0.2) is 47.8 Å². The van der Waals surface area contributed by atoms with Crippen LogP contribution in [-0.2, 0) is 16.1 Å². The van der Waals surface area contributed by atoms with E-state index < -0.39 is 5.97 Å².